The predicted octanol–water partition coefficient (Wildman–Crippen LogP) is 5.11. The molecule has 1 aliphatic carbocycles. The van der Waals surface area contributed by atoms with Gasteiger partial charge in [0.2, 0.25) is 21.8 Å². The Balaban J connectivity index is 1.75. The lowest BCUT2D eigenvalue weighted by molar-refractivity contribution is -0.141. The third kappa shape index (κ3) is 8.06. The van der Waals surface area contributed by atoms with Gasteiger partial charge in [0.25, 0.3) is 0 Å². The molecule has 0 saturated heterocycles. The first-order valence-corrected chi connectivity index (χ1v) is 15.6. The highest BCUT2D eigenvalue weighted by molar-refractivity contribution is 7.92. The summed E-state index contributed by atoms with van der Waals surface area (Å²) in [5.41, 5.74) is 3.51. The Morgan fingerprint density at radius 1 is 1.00 bits per heavy atom. The monoisotopic (exact) mass is 541 g/mol. The number of rotatable bonds is 12. The summed E-state index contributed by atoms with van der Waals surface area (Å²) in [7, 11) is -3.53. The number of amides is 2. The minimum atomic E-state index is -3.53. The lowest BCUT2D eigenvalue weighted by Gasteiger charge is -2.33. The minimum Gasteiger partial charge on any atom is -0.352 e. The molecule has 0 aliphatic heterocycles. The Bertz CT molecular complexity index is 1180. The molecule has 2 aromatic carbocycles. The smallest absolute Gasteiger partial charge is 0.243 e. The number of nitrogens with one attached hydrogen (secondary N) is 1. The molecule has 0 spiro atoms. The standard InChI is InChI=1S/C30H43N3O4S/c1-5-27(30(35)31-26-17-10-7-11-18-26)32(22-25-15-8-6-9-16-25)29(34)20-13-21-33(38(4,36)37)28-19-12-14-23(2)24(28)3/h6,8-9,12,14-16,19,26-27H,5,7,10-11,13,17-18,20-22H2,1-4H3,(H,31,35). The molecule has 1 unspecified atom stereocenters. The van der Waals surface area contributed by atoms with Crippen molar-refractivity contribution >= 4 is 27.5 Å². The van der Waals surface area contributed by atoms with Crippen LogP contribution < -0.4 is 9.62 Å². The maximum Gasteiger partial charge on any atom is 0.243 e. The quantitative estimate of drug-likeness (QED) is 0.405. The summed E-state index contributed by atoms with van der Waals surface area (Å²) in [6.45, 7) is 6.32. The third-order valence-corrected chi connectivity index (χ3v) is 8.71. The zero-order valence-corrected chi connectivity index (χ0v) is 24.1. The van der Waals surface area contributed by atoms with Gasteiger partial charge in [0.15, 0.2) is 0 Å². The van der Waals surface area contributed by atoms with E-state index >= 15 is 0 Å². The fourth-order valence-corrected chi connectivity index (χ4v) is 6.25. The van der Waals surface area contributed by atoms with E-state index in [0.717, 1.165) is 42.4 Å². The number of benzene rings is 2. The van der Waals surface area contributed by atoms with Crippen molar-refractivity contribution in [1.29, 1.82) is 0 Å². The van der Waals surface area contributed by atoms with Crippen LogP contribution in [0.1, 0.15) is 75.0 Å². The first-order valence-electron chi connectivity index (χ1n) is 13.8. The van der Waals surface area contributed by atoms with Crippen molar-refractivity contribution in [3.8, 4) is 0 Å². The Kier molecular flexibility index (Phi) is 10.8. The van der Waals surface area contributed by atoms with Crippen LogP contribution >= 0.6 is 0 Å². The van der Waals surface area contributed by atoms with E-state index in [4.69, 9.17) is 0 Å². The van der Waals surface area contributed by atoms with Gasteiger partial charge in [-0.3, -0.25) is 13.9 Å². The van der Waals surface area contributed by atoms with Gasteiger partial charge >= 0.3 is 0 Å². The molecular formula is C30H43N3O4S. The van der Waals surface area contributed by atoms with Crippen molar-refractivity contribution in [2.24, 2.45) is 0 Å². The number of aryl methyl sites for hydroxylation is 1. The fourth-order valence-electron chi connectivity index (χ4n) is 5.23. The summed E-state index contributed by atoms with van der Waals surface area (Å²) < 4.78 is 26.7. The highest BCUT2D eigenvalue weighted by Gasteiger charge is 2.30. The number of hydrogen-bond acceptors (Lipinski definition) is 4. The maximum atomic E-state index is 13.6. The van der Waals surface area contributed by atoms with Gasteiger partial charge in [-0.15, -0.1) is 0 Å². The topological polar surface area (TPSA) is 86.8 Å². The van der Waals surface area contributed by atoms with Crippen LogP contribution in [0.3, 0.4) is 0 Å². The van der Waals surface area contributed by atoms with Crippen molar-refractivity contribution in [2.45, 2.75) is 90.8 Å². The molecule has 1 aliphatic rings. The first-order chi connectivity index (χ1) is 18.1. The molecule has 2 aromatic rings. The van der Waals surface area contributed by atoms with Crippen LogP contribution in [0.15, 0.2) is 48.5 Å². The highest BCUT2D eigenvalue weighted by atomic mass is 32.2. The van der Waals surface area contributed by atoms with Crippen molar-refractivity contribution in [3.05, 3.63) is 65.2 Å². The van der Waals surface area contributed by atoms with Gasteiger partial charge in [0.1, 0.15) is 6.04 Å². The van der Waals surface area contributed by atoms with Gasteiger partial charge in [-0.1, -0.05) is 68.7 Å². The molecule has 7 nitrogen and oxygen atoms in total. The van der Waals surface area contributed by atoms with E-state index < -0.39 is 16.1 Å². The van der Waals surface area contributed by atoms with E-state index in [-0.39, 0.29) is 30.8 Å². The van der Waals surface area contributed by atoms with Crippen LogP contribution in [0.2, 0.25) is 0 Å². The summed E-state index contributed by atoms with van der Waals surface area (Å²) in [6.07, 6.45) is 7.60. The van der Waals surface area contributed by atoms with Crippen molar-refractivity contribution in [3.63, 3.8) is 0 Å². The van der Waals surface area contributed by atoms with E-state index in [2.05, 4.69) is 5.32 Å². The van der Waals surface area contributed by atoms with E-state index in [1.165, 1.54) is 17.0 Å². The van der Waals surface area contributed by atoms with Crippen molar-refractivity contribution < 1.29 is 18.0 Å². The average Bonchev–Trinajstić information content (AvgIpc) is 2.89. The van der Waals surface area contributed by atoms with Crippen LogP contribution in [0.5, 0.6) is 0 Å². The Labute approximate surface area is 228 Å². The molecule has 38 heavy (non-hydrogen) atoms. The molecule has 0 heterocycles. The number of hydrogen-bond donors (Lipinski definition) is 1. The molecule has 1 atom stereocenters. The number of sulfonamides is 1. The fraction of sp³-hybridized carbons (Fsp3) is 0.533. The number of anilines is 1. The van der Waals surface area contributed by atoms with Gasteiger partial charge < -0.3 is 10.2 Å². The second kappa shape index (κ2) is 13.8. The molecule has 3 rings (SSSR count). The van der Waals surface area contributed by atoms with E-state index in [9.17, 15) is 18.0 Å². The normalized spacial score (nSPS) is 15.1. The van der Waals surface area contributed by atoms with Crippen LogP contribution in [0.25, 0.3) is 0 Å². The summed E-state index contributed by atoms with van der Waals surface area (Å²) in [5, 5.41) is 3.20. The lowest BCUT2D eigenvalue weighted by Crippen LogP contribution is -2.51. The summed E-state index contributed by atoms with van der Waals surface area (Å²) in [6, 6.07) is 14.9. The van der Waals surface area contributed by atoms with Gasteiger partial charge in [0.05, 0.1) is 11.9 Å². The van der Waals surface area contributed by atoms with Crippen LogP contribution in [0, 0.1) is 13.8 Å². The molecule has 0 radical (unpaired) electrons. The molecule has 0 bridgehead atoms. The number of nitrogens with zero attached hydrogens (tertiary/aromatic N) is 2. The summed E-state index contributed by atoms with van der Waals surface area (Å²) in [4.78, 5) is 28.6. The van der Waals surface area contributed by atoms with Crippen molar-refractivity contribution in [1.82, 2.24) is 10.2 Å². The third-order valence-electron chi connectivity index (χ3n) is 7.53. The van der Waals surface area contributed by atoms with E-state index in [1.807, 2.05) is 63.2 Å². The average molecular weight is 542 g/mol. The van der Waals surface area contributed by atoms with Gasteiger partial charge in [0, 0.05) is 25.6 Å². The molecule has 1 saturated carbocycles. The molecular weight excluding hydrogens is 498 g/mol. The number of carbonyl (C=O) groups is 2. The first kappa shape index (κ1) is 29.7. The molecule has 8 heteroatoms. The van der Waals surface area contributed by atoms with Crippen LogP contribution in [0.4, 0.5) is 5.69 Å². The van der Waals surface area contributed by atoms with Gasteiger partial charge in [-0.2, -0.15) is 0 Å². The van der Waals surface area contributed by atoms with Gasteiger partial charge in [-0.05, 0) is 62.3 Å². The minimum absolute atomic E-state index is 0.100. The van der Waals surface area contributed by atoms with E-state index in [0.29, 0.717) is 25.1 Å². The molecule has 0 aromatic heterocycles. The molecule has 2 amide bonds. The Morgan fingerprint density at radius 2 is 1.68 bits per heavy atom. The Hall–Kier alpha value is -2.87. The highest BCUT2D eigenvalue weighted by Crippen LogP contribution is 2.26. The zero-order chi connectivity index (χ0) is 27.7. The second-order valence-electron chi connectivity index (χ2n) is 10.4. The summed E-state index contributed by atoms with van der Waals surface area (Å²) in [5.74, 6) is -0.245. The van der Waals surface area contributed by atoms with Gasteiger partial charge in [-0.25, -0.2) is 8.42 Å². The zero-order valence-electron chi connectivity index (χ0n) is 23.3. The molecule has 1 N–H and O–H groups in total. The number of carbonyl (C=O) groups excluding carboxylic acids is 2. The molecule has 1 fully saturated rings. The van der Waals surface area contributed by atoms with Crippen molar-refractivity contribution in [2.75, 3.05) is 17.1 Å². The Morgan fingerprint density at radius 3 is 2.32 bits per heavy atom. The van der Waals surface area contributed by atoms with Crippen LogP contribution in [-0.4, -0.2) is 50.0 Å². The molecule has 208 valence electrons. The SMILES string of the molecule is CCC(C(=O)NC1CCCCC1)N(Cc1ccccc1)C(=O)CCCN(c1cccc(C)c1C)S(C)(=O)=O. The predicted molar refractivity (Wildman–Crippen MR) is 153 cm³/mol. The van der Waals surface area contributed by atoms with Crippen LogP contribution in [-0.2, 0) is 26.2 Å². The van der Waals surface area contributed by atoms with E-state index in [1.54, 1.807) is 11.0 Å². The second-order valence-corrected chi connectivity index (χ2v) is 12.3. The summed E-state index contributed by atoms with van der Waals surface area (Å²) >= 11 is 0. The lowest BCUT2D eigenvalue weighted by atomic mass is 9.95. The largest absolute Gasteiger partial charge is 0.352 e. The maximum absolute atomic E-state index is 13.6.